The van der Waals surface area contributed by atoms with Crippen molar-refractivity contribution in [1.29, 1.82) is 0 Å². The van der Waals surface area contributed by atoms with Crippen molar-refractivity contribution >= 4 is 5.97 Å². The zero-order valence-electron chi connectivity index (χ0n) is 22.0. The fourth-order valence-electron chi connectivity index (χ4n) is 3.98. The van der Waals surface area contributed by atoms with Gasteiger partial charge in [0.2, 0.25) is 0 Å². The molecule has 0 aromatic rings. The van der Waals surface area contributed by atoms with E-state index in [1.165, 1.54) is 32.1 Å². The first-order valence-corrected chi connectivity index (χ1v) is 13.4. The van der Waals surface area contributed by atoms with E-state index in [0.717, 1.165) is 25.7 Å². The van der Waals surface area contributed by atoms with Crippen LogP contribution in [0.3, 0.4) is 0 Å². The summed E-state index contributed by atoms with van der Waals surface area (Å²) in [5.74, 6) is -0.418. The molecule has 1 rings (SSSR count). The number of aliphatic hydroxyl groups is 5. The maximum atomic E-state index is 10.6. The molecule has 0 saturated heterocycles. The van der Waals surface area contributed by atoms with Gasteiger partial charge in [0.1, 0.15) is 0 Å². The third kappa shape index (κ3) is 17.0. The first kappa shape index (κ1) is 34.5. The van der Waals surface area contributed by atoms with Crippen LogP contribution in [0.5, 0.6) is 0 Å². The minimum Gasteiger partial charge on any atom is -0.481 e. The van der Waals surface area contributed by atoms with Crippen molar-refractivity contribution in [2.24, 2.45) is 17.6 Å². The number of carbonyl (C=O) groups is 1. The number of unbranched alkanes of at least 4 members (excludes halogenated alkanes) is 5. The summed E-state index contributed by atoms with van der Waals surface area (Å²) in [6.07, 6.45) is 22.3. The van der Waals surface area contributed by atoms with Gasteiger partial charge in [0.05, 0.1) is 37.6 Å². The van der Waals surface area contributed by atoms with E-state index in [2.05, 4.69) is 25.2 Å². The maximum Gasteiger partial charge on any atom is 0.303 e. The molecular weight excluding hydrogens is 462 g/mol. The number of carboxylic acid groups (broad SMARTS) is 1. The summed E-state index contributed by atoms with van der Waals surface area (Å²) in [5.41, 5.74) is 3.94. The molecule has 0 radical (unpaired) electrons. The van der Waals surface area contributed by atoms with Gasteiger partial charge in [0.25, 0.3) is 0 Å². The molecule has 0 spiro atoms. The minimum absolute atomic E-state index is 0.110. The summed E-state index contributed by atoms with van der Waals surface area (Å²) in [7, 11) is 0. The molecule has 0 fully saturated rings. The Kier molecular flexibility index (Phi) is 20.6. The first-order valence-electron chi connectivity index (χ1n) is 13.4. The highest BCUT2D eigenvalue weighted by molar-refractivity contribution is 5.66. The van der Waals surface area contributed by atoms with Crippen LogP contribution in [0, 0.1) is 11.8 Å². The number of carboxylic acids is 1. The highest BCUT2D eigenvalue weighted by atomic mass is 16.4. The second-order valence-corrected chi connectivity index (χ2v) is 9.85. The normalized spacial score (nSPS) is 19.9. The van der Waals surface area contributed by atoms with Gasteiger partial charge in [-0.25, -0.2) is 0 Å². The van der Waals surface area contributed by atoms with Gasteiger partial charge in [-0.1, -0.05) is 81.9 Å². The Morgan fingerprint density at radius 1 is 0.944 bits per heavy atom. The van der Waals surface area contributed by atoms with E-state index in [-0.39, 0.29) is 24.4 Å². The lowest BCUT2D eigenvalue weighted by atomic mass is 9.78. The van der Waals surface area contributed by atoms with E-state index in [9.17, 15) is 15.0 Å². The largest absolute Gasteiger partial charge is 0.481 e. The molecule has 0 saturated carbocycles. The number of hydrogen-bond acceptors (Lipinski definition) is 7. The van der Waals surface area contributed by atoms with Crippen molar-refractivity contribution < 1.29 is 35.4 Å². The number of rotatable bonds is 18. The molecule has 0 heterocycles. The van der Waals surface area contributed by atoms with Crippen molar-refractivity contribution in [3.05, 3.63) is 36.5 Å². The van der Waals surface area contributed by atoms with Crippen molar-refractivity contribution in [3.8, 4) is 0 Å². The van der Waals surface area contributed by atoms with Gasteiger partial charge in [0.15, 0.2) is 0 Å². The fourth-order valence-corrected chi connectivity index (χ4v) is 3.98. The fraction of sp³-hybridized carbons (Fsp3) is 0.750. The molecule has 0 aromatic heterocycles. The average Bonchev–Trinajstić information content (AvgIpc) is 2.88. The third-order valence-electron chi connectivity index (χ3n) is 6.52. The summed E-state index contributed by atoms with van der Waals surface area (Å²) in [6.45, 7) is 1.01. The van der Waals surface area contributed by atoms with Crippen LogP contribution in [0.1, 0.15) is 84.0 Å². The molecule has 1 aliphatic carbocycles. The van der Waals surface area contributed by atoms with E-state index < -0.39 is 37.4 Å². The Morgan fingerprint density at radius 3 is 2.14 bits per heavy atom. The molecule has 0 aliphatic heterocycles. The minimum atomic E-state index is -1.21. The van der Waals surface area contributed by atoms with Gasteiger partial charge >= 0.3 is 5.97 Å². The SMILES string of the molecule is CCCCCCCCC(O)/C=C/C=C/[C@H]1CC=CC[C@@H]1C(O)CCCC(=O)O.NC(CO)(CO)CO. The molecule has 8 nitrogen and oxygen atoms in total. The molecular formula is C28H51NO7. The Balaban J connectivity index is 0.00000131. The molecule has 0 amide bonds. The highest BCUT2D eigenvalue weighted by Gasteiger charge is 2.27. The quantitative estimate of drug-likeness (QED) is 0.0834. The van der Waals surface area contributed by atoms with E-state index >= 15 is 0 Å². The van der Waals surface area contributed by atoms with E-state index in [1.807, 2.05) is 18.2 Å². The summed E-state index contributed by atoms with van der Waals surface area (Å²) >= 11 is 0. The summed E-state index contributed by atoms with van der Waals surface area (Å²) < 4.78 is 0. The van der Waals surface area contributed by atoms with Gasteiger partial charge < -0.3 is 36.4 Å². The molecule has 210 valence electrons. The lowest BCUT2D eigenvalue weighted by Gasteiger charge is -2.30. The van der Waals surface area contributed by atoms with Gasteiger partial charge in [-0.05, 0) is 43.9 Å². The maximum absolute atomic E-state index is 10.6. The standard InChI is InChI=1S/C24H40O4.C4H11NO3/c1-2-3-4-5-6-7-15-21(25)16-10-8-13-20-14-9-11-17-22(20)23(26)18-12-19-24(27)28;5-4(1-6,2-7)3-8/h8-11,13,16,20-23,25-26H,2-7,12,14-15,17-19H2,1H3,(H,27,28);6-8H,1-3,5H2/b13-8+,16-10+;/t20-,21?,22-,23?;/m0./s1. The Bertz CT molecular complexity index is 623. The lowest BCUT2D eigenvalue weighted by Crippen LogP contribution is -2.50. The topological polar surface area (TPSA) is 164 Å². The van der Waals surface area contributed by atoms with Crippen LogP contribution in [0.15, 0.2) is 36.5 Å². The second-order valence-electron chi connectivity index (χ2n) is 9.85. The van der Waals surface area contributed by atoms with Crippen molar-refractivity contribution in [2.75, 3.05) is 19.8 Å². The Morgan fingerprint density at radius 2 is 1.56 bits per heavy atom. The summed E-state index contributed by atoms with van der Waals surface area (Å²) in [5, 5.41) is 54.3. The number of nitrogens with two attached hydrogens (primary N) is 1. The van der Waals surface area contributed by atoms with Crippen LogP contribution in [-0.4, -0.2) is 74.2 Å². The molecule has 4 atom stereocenters. The van der Waals surface area contributed by atoms with Crippen LogP contribution in [0.2, 0.25) is 0 Å². The monoisotopic (exact) mass is 513 g/mol. The van der Waals surface area contributed by atoms with Crippen molar-refractivity contribution in [2.45, 2.75) is 102 Å². The molecule has 8 N–H and O–H groups in total. The van der Waals surface area contributed by atoms with E-state index in [0.29, 0.717) is 12.8 Å². The Hall–Kier alpha value is -1.55. The van der Waals surface area contributed by atoms with Crippen LogP contribution in [0.4, 0.5) is 0 Å². The average molecular weight is 514 g/mol. The first-order chi connectivity index (χ1) is 17.2. The number of hydrogen-bond donors (Lipinski definition) is 7. The van der Waals surface area contributed by atoms with Crippen molar-refractivity contribution in [3.63, 3.8) is 0 Å². The smallest absolute Gasteiger partial charge is 0.303 e. The third-order valence-corrected chi connectivity index (χ3v) is 6.52. The lowest BCUT2D eigenvalue weighted by molar-refractivity contribution is -0.137. The molecule has 0 bridgehead atoms. The van der Waals surface area contributed by atoms with Crippen LogP contribution < -0.4 is 5.73 Å². The zero-order valence-corrected chi connectivity index (χ0v) is 22.0. The summed E-state index contributed by atoms with van der Waals surface area (Å²) in [4.78, 5) is 10.6. The zero-order chi connectivity index (χ0) is 27.2. The van der Waals surface area contributed by atoms with E-state index in [4.69, 9.17) is 26.2 Å². The molecule has 1 aliphatic rings. The van der Waals surface area contributed by atoms with Crippen LogP contribution in [0.25, 0.3) is 0 Å². The Labute approximate surface area is 217 Å². The molecule has 2 unspecified atom stereocenters. The van der Waals surface area contributed by atoms with E-state index in [1.54, 1.807) is 0 Å². The second kappa shape index (κ2) is 21.5. The highest BCUT2D eigenvalue weighted by Crippen LogP contribution is 2.31. The predicted octanol–water partition coefficient (Wildman–Crippen LogP) is 3.07. The van der Waals surface area contributed by atoms with Crippen LogP contribution >= 0.6 is 0 Å². The molecule has 0 aromatic carbocycles. The molecule has 36 heavy (non-hydrogen) atoms. The van der Waals surface area contributed by atoms with Crippen LogP contribution in [-0.2, 0) is 4.79 Å². The number of aliphatic carboxylic acids is 1. The molecule has 8 heteroatoms. The van der Waals surface area contributed by atoms with Gasteiger partial charge in [-0.2, -0.15) is 0 Å². The number of aliphatic hydroxyl groups excluding tert-OH is 5. The van der Waals surface area contributed by atoms with Gasteiger partial charge in [-0.3, -0.25) is 4.79 Å². The summed E-state index contributed by atoms with van der Waals surface area (Å²) in [6, 6.07) is 0. The predicted molar refractivity (Wildman–Crippen MR) is 143 cm³/mol. The van der Waals surface area contributed by atoms with Crippen molar-refractivity contribution in [1.82, 2.24) is 0 Å². The van der Waals surface area contributed by atoms with Gasteiger partial charge in [-0.15, -0.1) is 0 Å². The van der Waals surface area contributed by atoms with Gasteiger partial charge in [0, 0.05) is 6.42 Å². The number of allylic oxidation sites excluding steroid dienone is 5.